The van der Waals surface area contributed by atoms with Gasteiger partial charge in [0.1, 0.15) is 7.05 Å². The standard InChI is InChI=1S/C25H22N4O2/c1-16(30)17-3-5-18(6-4-17)25(31)28-21-10-8-20(9-11-21)27-23-13-14-29(2)24-12-7-19(26)15-22(23)24/h3-15H,26H2,1-2H3,(H,28,31)/p+1. The van der Waals surface area contributed by atoms with Gasteiger partial charge in [-0.25, -0.2) is 4.57 Å². The van der Waals surface area contributed by atoms with Gasteiger partial charge in [-0.05, 0) is 55.5 Å². The van der Waals surface area contributed by atoms with Crippen LogP contribution in [0, 0.1) is 0 Å². The fraction of sp³-hybridized carbons (Fsp3) is 0.0800. The first-order valence-corrected chi connectivity index (χ1v) is 9.88. The van der Waals surface area contributed by atoms with E-state index in [1.165, 1.54) is 6.92 Å². The molecule has 6 nitrogen and oxygen atoms in total. The number of hydrogen-bond donors (Lipinski definition) is 3. The maximum atomic E-state index is 12.5. The first-order valence-electron chi connectivity index (χ1n) is 9.88. The molecule has 3 aromatic carbocycles. The van der Waals surface area contributed by atoms with Crippen LogP contribution in [0.25, 0.3) is 10.9 Å². The molecule has 0 bridgehead atoms. The molecule has 31 heavy (non-hydrogen) atoms. The molecular weight excluding hydrogens is 388 g/mol. The van der Waals surface area contributed by atoms with Gasteiger partial charge >= 0.3 is 0 Å². The predicted molar refractivity (Wildman–Crippen MR) is 124 cm³/mol. The summed E-state index contributed by atoms with van der Waals surface area (Å²) in [5.74, 6) is -0.259. The second-order valence-corrected chi connectivity index (χ2v) is 7.41. The van der Waals surface area contributed by atoms with Crippen molar-refractivity contribution in [1.29, 1.82) is 0 Å². The summed E-state index contributed by atoms with van der Waals surface area (Å²) in [6.07, 6.45) is 1.99. The normalized spacial score (nSPS) is 10.6. The van der Waals surface area contributed by atoms with Gasteiger partial charge in [0.2, 0.25) is 5.52 Å². The molecule has 0 aliphatic heterocycles. The summed E-state index contributed by atoms with van der Waals surface area (Å²) in [5.41, 5.74) is 11.3. The third-order valence-electron chi connectivity index (χ3n) is 5.13. The Balaban J connectivity index is 1.49. The number of pyridine rings is 1. The molecule has 0 unspecified atom stereocenters. The number of Topliss-reactive ketones (excluding diaryl/α,β-unsaturated/α-hetero) is 1. The van der Waals surface area contributed by atoms with Gasteiger partial charge < -0.3 is 16.4 Å². The Morgan fingerprint density at radius 2 is 1.48 bits per heavy atom. The van der Waals surface area contributed by atoms with Crippen LogP contribution >= 0.6 is 0 Å². The number of hydrogen-bond acceptors (Lipinski definition) is 4. The molecule has 0 fully saturated rings. The van der Waals surface area contributed by atoms with Crippen molar-refractivity contribution in [2.75, 3.05) is 16.4 Å². The molecule has 1 aromatic heterocycles. The van der Waals surface area contributed by atoms with E-state index in [9.17, 15) is 9.59 Å². The quantitative estimate of drug-likeness (QED) is 0.257. The van der Waals surface area contributed by atoms with E-state index in [0.29, 0.717) is 22.5 Å². The molecule has 0 saturated heterocycles. The zero-order valence-electron chi connectivity index (χ0n) is 17.3. The highest BCUT2D eigenvalue weighted by atomic mass is 16.1. The number of nitrogens with two attached hydrogens (primary N) is 1. The smallest absolute Gasteiger partial charge is 0.255 e. The van der Waals surface area contributed by atoms with Crippen molar-refractivity contribution >= 4 is 45.3 Å². The molecular formula is C25H23N4O2+. The lowest BCUT2D eigenvalue weighted by atomic mass is 10.1. The summed E-state index contributed by atoms with van der Waals surface area (Å²) in [4.78, 5) is 23.8. The number of fused-ring (bicyclic) bond motifs is 1. The van der Waals surface area contributed by atoms with Crippen LogP contribution in [0.2, 0.25) is 0 Å². The molecule has 0 saturated carbocycles. The topological polar surface area (TPSA) is 88.1 Å². The maximum absolute atomic E-state index is 12.5. The molecule has 0 atom stereocenters. The highest BCUT2D eigenvalue weighted by Gasteiger charge is 2.11. The zero-order chi connectivity index (χ0) is 22.0. The van der Waals surface area contributed by atoms with Gasteiger partial charge in [0.05, 0.1) is 11.1 Å². The minimum absolute atomic E-state index is 0.0299. The van der Waals surface area contributed by atoms with Crippen LogP contribution in [0.4, 0.5) is 22.7 Å². The lowest BCUT2D eigenvalue weighted by Crippen LogP contribution is -2.28. The number of nitrogens with one attached hydrogen (secondary N) is 2. The molecule has 0 radical (unpaired) electrons. The third-order valence-corrected chi connectivity index (χ3v) is 5.13. The monoisotopic (exact) mass is 411 g/mol. The third kappa shape index (κ3) is 4.38. The molecule has 1 amide bonds. The van der Waals surface area contributed by atoms with Crippen molar-refractivity contribution in [3.05, 3.63) is 90.1 Å². The summed E-state index contributed by atoms with van der Waals surface area (Å²) < 4.78 is 2.04. The Bertz CT molecular complexity index is 1280. The van der Waals surface area contributed by atoms with Crippen molar-refractivity contribution in [2.45, 2.75) is 6.92 Å². The number of aromatic nitrogens is 1. The Kier molecular flexibility index (Phi) is 5.37. The molecule has 6 heteroatoms. The number of aryl methyl sites for hydroxylation is 1. The van der Waals surface area contributed by atoms with Crippen molar-refractivity contribution in [1.82, 2.24) is 0 Å². The largest absolute Gasteiger partial charge is 0.399 e. The Labute approximate surface area is 180 Å². The van der Waals surface area contributed by atoms with E-state index < -0.39 is 0 Å². The van der Waals surface area contributed by atoms with Crippen molar-refractivity contribution in [2.24, 2.45) is 7.05 Å². The summed E-state index contributed by atoms with van der Waals surface area (Å²) in [6.45, 7) is 1.50. The number of nitrogens with zero attached hydrogens (tertiary/aromatic N) is 1. The van der Waals surface area contributed by atoms with Crippen LogP contribution < -0.4 is 20.9 Å². The number of benzene rings is 3. The summed E-state index contributed by atoms with van der Waals surface area (Å²) in [6, 6.07) is 21.9. The van der Waals surface area contributed by atoms with Crippen molar-refractivity contribution < 1.29 is 14.2 Å². The van der Waals surface area contributed by atoms with E-state index in [2.05, 4.69) is 10.6 Å². The number of carbonyl (C=O) groups is 2. The van der Waals surface area contributed by atoms with E-state index in [-0.39, 0.29) is 11.7 Å². The Morgan fingerprint density at radius 3 is 2.16 bits per heavy atom. The number of amides is 1. The highest BCUT2D eigenvalue weighted by Crippen LogP contribution is 2.26. The summed E-state index contributed by atoms with van der Waals surface area (Å²) in [5, 5.41) is 7.31. The number of nitrogen functional groups attached to an aromatic ring is 1. The predicted octanol–water partition coefficient (Wildman–Crippen LogP) is 4.45. The molecule has 4 N–H and O–H groups in total. The van der Waals surface area contributed by atoms with Crippen LogP contribution in [0.1, 0.15) is 27.6 Å². The fourth-order valence-electron chi connectivity index (χ4n) is 3.39. The van der Waals surface area contributed by atoms with E-state index in [4.69, 9.17) is 5.73 Å². The molecule has 4 aromatic rings. The van der Waals surface area contributed by atoms with Gasteiger partial charge in [-0.1, -0.05) is 12.1 Å². The molecule has 1 heterocycles. The van der Waals surface area contributed by atoms with Crippen LogP contribution in [0.5, 0.6) is 0 Å². The van der Waals surface area contributed by atoms with Gasteiger partial charge in [-0.2, -0.15) is 0 Å². The Morgan fingerprint density at radius 1 is 0.839 bits per heavy atom. The number of anilines is 4. The van der Waals surface area contributed by atoms with Crippen LogP contribution in [-0.2, 0) is 7.05 Å². The fourth-order valence-corrected chi connectivity index (χ4v) is 3.39. The van der Waals surface area contributed by atoms with E-state index in [1.807, 2.05) is 66.3 Å². The van der Waals surface area contributed by atoms with Crippen LogP contribution in [0.3, 0.4) is 0 Å². The van der Waals surface area contributed by atoms with Crippen molar-refractivity contribution in [3.8, 4) is 0 Å². The first-order chi connectivity index (χ1) is 14.9. The van der Waals surface area contributed by atoms with E-state index in [0.717, 1.165) is 22.3 Å². The van der Waals surface area contributed by atoms with Gasteiger partial charge in [-0.15, -0.1) is 0 Å². The van der Waals surface area contributed by atoms with E-state index in [1.54, 1.807) is 24.3 Å². The average molecular weight is 411 g/mol. The number of rotatable bonds is 5. The summed E-state index contributed by atoms with van der Waals surface area (Å²) in [7, 11) is 1.99. The second kappa shape index (κ2) is 8.28. The first kappa shape index (κ1) is 20.1. The SMILES string of the molecule is CC(=O)c1ccc(C(=O)Nc2ccc(Nc3cc[n+](C)c4ccc(N)cc34)cc2)cc1. The van der Waals surface area contributed by atoms with Crippen molar-refractivity contribution in [3.63, 3.8) is 0 Å². The van der Waals surface area contributed by atoms with Gasteiger partial charge in [0.25, 0.3) is 5.91 Å². The van der Waals surface area contributed by atoms with Gasteiger partial charge in [-0.3, -0.25) is 9.59 Å². The lowest BCUT2D eigenvalue weighted by Gasteiger charge is -2.11. The van der Waals surface area contributed by atoms with E-state index >= 15 is 0 Å². The van der Waals surface area contributed by atoms with Gasteiger partial charge in [0.15, 0.2) is 12.0 Å². The molecule has 4 rings (SSSR count). The van der Waals surface area contributed by atoms with Crippen LogP contribution in [-0.4, -0.2) is 11.7 Å². The molecule has 0 spiro atoms. The zero-order valence-corrected chi connectivity index (χ0v) is 17.3. The van der Waals surface area contributed by atoms with Crippen LogP contribution in [0.15, 0.2) is 79.0 Å². The maximum Gasteiger partial charge on any atom is 0.255 e. The minimum atomic E-state index is -0.229. The second-order valence-electron chi connectivity index (χ2n) is 7.41. The number of ketones is 1. The Hall–Kier alpha value is -4.19. The average Bonchev–Trinajstić information content (AvgIpc) is 2.77. The number of carbonyl (C=O) groups excluding carboxylic acids is 2. The summed E-state index contributed by atoms with van der Waals surface area (Å²) >= 11 is 0. The molecule has 154 valence electrons. The molecule has 0 aliphatic rings. The minimum Gasteiger partial charge on any atom is -0.399 e. The van der Waals surface area contributed by atoms with Gasteiger partial charge in [0, 0.05) is 40.3 Å². The lowest BCUT2D eigenvalue weighted by molar-refractivity contribution is -0.644. The molecule has 0 aliphatic carbocycles. The highest BCUT2D eigenvalue weighted by molar-refractivity contribution is 6.05.